The van der Waals surface area contributed by atoms with Crippen molar-refractivity contribution >= 4 is 17.5 Å². The molecular weight excluding hydrogens is 230 g/mol. The van der Waals surface area contributed by atoms with E-state index in [-0.39, 0.29) is 22.9 Å². The Morgan fingerprint density at radius 1 is 1.50 bits per heavy atom. The lowest BCUT2D eigenvalue weighted by Crippen LogP contribution is -2.34. The number of halogens is 1. The van der Waals surface area contributed by atoms with Crippen molar-refractivity contribution in [3.63, 3.8) is 0 Å². The number of hydrazine groups is 1. The molecule has 88 valence electrons. The Hall–Kier alpha value is -1.33. The molecule has 1 aromatic rings. The van der Waals surface area contributed by atoms with E-state index < -0.39 is 0 Å². The van der Waals surface area contributed by atoms with Gasteiger partial charge in [0, 0.05) is 7.05 Å². The Bertz CT molecular complexity index is 382. The molecule has 0 aliphatic carbocycles. The van der Waals surface area contributed by atoms with Crippen LogP contribution in [0.4, 0.5) is 0 Å². The van der Waals surface area contributed by atoms with E-state index in [0.29, 0.717) is 5.75 Å². The van der Waals surface area contributed by atoms with Crippen molar-refractivity contribution < 1.29 is 9.53 Å². The number of ether oxygens (including phenoxy) is 1. The quantitative estimate of drug-likeness (QED) is 0.620. The van der Waals surface area contributed by atoms with Crippen molar-refractivity contribution in [1.29, 1.82) is 0 Å². The van der Waals surface area contributed by atoms with Gasteiger partial charge in [0.15, 0.2) is 10.9 Å². The molecule has 0 saturated heterocycles. The van der Waals surface area contributed by atoms with Crippen LogP contribution in [0.3, 0.4) is 0 Å². The number of hydrogen-bond donors (Lipinski definition) is 2. The van der Waals surface area contributed by atoms with Crippen molar-refractivity contribution in [3.05, 3.63) is 23.0 Å². The van der Waals surface area contributed by atoms with Gasteiger partial charge in [-0.15, -0.1) is 0 Å². The molecule has 0 spiro atoms. The molecule has 1 amide bonds. The highest BCUT2D eigenvalue weighted by Gasteiger charge is 2.11. The second-order valence-corrected chi connectivity index (χ2v) is 3.71. The van der Waals surface area contributed by atoms with Crippen LogP contribution in [0.5, 0.6) is 5.75 Å². The zero-order valence-electron chi connectivity index (χ0n) is 9.37. The number of pyridine rings is 1. The summed E-state index contributed by atoms with van der Waals surface area (Å²) in [6.07, 6.45) is 0.0104. The molecule has 0 radical (unpaired) electrons. The average Bonchev–Trinajstić information content (AvgIpc) is 2.20. The molecule has 2 N–H and O–H groups in total. The maximum atomic E-state index is 11.4. The molecular formula is C10H14ClN3O2. The zero-order valence-corrected chi connectivity index (χ0v) is 10.1. The van der Waals surface area contributed by atoms with Gasteiger partial charge in [0.05, 0.1) is 6.10 Å². The summed E-state index contributed by atoms with van der Waals surface area (Å²) >= 11 is 5.88. The lowest BCUT2D eigenvalue weighted by atomic mass is 10.3. The van der Waals surface area contributed by atoms with Crippen molar-refractivity contribution in [2.75, 3.05) is 7.05 Å². The fourth-order valence-electron chi connectivity index (χ4n) is 1.07. The van der Waals surface area contributed by atoms with Gasteiger partial charge in [-0.25, -0.2) is 10.4 Å². The Balaban J connectivity index is 2.86. The van der Waals surface area contributed by atoms with Gasteiger partial charge in [-0.1, -0.05) is 11.6 Å². The van der Waals surface area contributed by atoms with Crippen LogP contribution < -0.4 is 15.6 Å². The molecule has 16 heavy (non-hydrogen) atoms. The molecule has 1 rings (SSSR count). The van der Waals surface area contributed by atoms with Gasteiger partial charge in [0.2, 0.25) is 0 Å². The lowest BCUT2D eigenvalue weighted by Gasteiger charge is -2.11. The van der Waals surface area contributed by atoms with Crippen LogP contribution in [0.25, 0.3) is 0 Å². The Morgan fingerprint density at radius 2 is 2.19 bits per heavy atom. The number of nitrogens with one attached hydrogen (secondary N) is 2. The second kappa shape index (κ2) is 5.67. The van der Waals surface area contributed by atoms with Gasteiger partial charge in [-0.3, -0.25) is 10.2 Å². The summed E-state index contributed by atoms with van der Waals surface area (Å²) in [4.78, 5) is 15.3. The Labute approximate surface area is 99.1 Å². The summed E-state index contributed by atoms with van der Waals surface area (Å²) < 4.78 is 5.40. The number of rotatable bonds is 4. The van der Waals surface area contributed by atoms with Gasteiger partial charge in [-0.05, 0) is 26.0 Å². The van der Waals surface area contributed by atoms with E-state index in [1.165, 1.54) is 0 Å². The van der Waals surface area contributed by atoms with E-state index in [0.717, 1.165) is 0 Å². The molecule has 1 heterocycles. The third-order valence-electron chi connectivity index (χ3n) is 1.65. The van der Waals surface area contributed by atoms with Gasteiger partial charge in [0.25, 0.3) is 5.91 Å². The van der Waals surface area contributed by atoms with Crippen LogP contribution in [0.15, 0.2) is 12.1 Å². The average molecular weight is 244 g/mol. The molecule has 0 aliphatic heterocycles. The summed E-state index contributed by atoms with van der Waals surface area (Å²) in [6, 6.07) is 3.18. The SMILES string of the molecule is CNNC(=O)c1ccc(OC(C)C)c(Cl)n1. The van der Waals surface area contributed by atoms with Crippen LogP contribution in [-0.2, 0) is 0 Å². The molecule has 0 unspecified atom stereocenters. The van der Waals surface area contributed by atoms with E-state index >= 15 is 0 Å². The largest absolute Gasteiger partial charge is 0.488 e. The van der Waals surface area contributed by atoms with Crippen LogP contribution in [0, 0.1) is 0 Å². The Morgan fingerprint density at radius 3 is 2.69 bits per heavy atom. The lowest BCUT2D eigenvalue weighted by molar-refractivity contribution is 0.0933. The smallest absolute Gasteiger partial charge is 0.284 e. The first-order valence-corrected chi connectivity index (χ1v) is 5.22. The van der Waals surface area contributed by atoms with E-state index in [4.69, 9.17) is 16.3 Å². The minimum absolute atomic E-state index is 0.0104. The standard InChI is InChI=1S/C10H14ClN3O2/c1-6(2)16-8-5-4-7(13-9(8)11)10(15)14-12-3/h4-6,12H,1-3H3,(H,14,15). The third-order valence-corrected chi connectivity index (χ3v) is 1.92. The molecule has 0 fully saturated rings. The van der Waals surface area contributed by atoms with E-state index in [1.807, 2.05) is 13.8 Å². The van der Waals surface area contributed by atoms with E-state index in [2.05, 4.69) is 15.8 Å². The number of carbonyl (C=O) groups excluding carboxylic acids is 1. The maximum absolute atomic E-state index is 11.4. The number of aromatic nitrogens is 1. The minimum atomic E-state index is -0.347. The third kappa shape index (κ3) is 3.36. The maximum Gasteiger partial charge on any atom is 0.284 e. The van der Waals surface area contributed by atoms with E-state index in [1.54, 1.807) is 19.2 Å². The molecule has 1 aromatic heterocycles. The van der Waals surface area contributed by atoms with Crippen LogP contribution in [0.2, 0.25) is 5.15 Å². The normalized spacial score (nSPS) is 10.3. The van der Waals surface area contributed by atoms with Crippen molar-refractivity contribution in [1.82, 2.24) is 15.8 Å². The molecule has 0 aliphatic rings. The number of nitrogens with zero attached hydrogens (tertiary/aromatic N) is 1. The van der Waals surface area contributed by atoms with Gasteiger partial charge in [0.1, 0.15) is 5.69 Å². The summed E-state index contributed by atoms with van der Waals surface area (Å²) in [7, 11) is 1.59. The topological polar surface area (TPSA) is 63.2 Å². The van der Waals surface area contributed by atoms with Crippen molar-refractivity contribution in [3.8, 4) is 5.75 Å². The molecule has 6 heteroatoms. The monoisotopic (exact) mass is 243 g/mol. The zero-order chi connectivity index (χ0) is 12.1. The summed E-state index contributed by atoms with van der Waals surface area (Å²) in [6.45, 7) is 3.77. The summed E-state index contributed by atoms with van der Waals surface area (Å²) in [5.41, 5.74) is 5.15. The second-order valence-electron chi connectivity index (χ2n) is 3.36. The fourth-order valence-corrected chi connectivity index (χ4v) is 1.27. The Kier molecular flexibility index (Phi) is 4.52. The van der Waals surface area contributed by atoms with Crippen molar-refractivity contribution in [2.24, 2.45) is 0 Å². The first-order chi connectivity index (χ1) is 7.54. The summed E-state index contributed by atoms with van der Waals surface area (Å²) in [5.74, 6) is 0.123. The van der Waals surface area contributed by atoms with Gasteiger partial charge in [-0.2, -0.15) is 0 Å². The summed E-state index contributed by atoms with van der Waals surface area (Å²) in [5, 5.41) is 0.178. The highest BCUT2D eigenvalue weighted by atomic mass is 35.5. The predicted octanol–water partition coefficient (Wildman–Crippen LogP) is 1.39. The van der Waals surface area contributed by atoms with Crippen molar-refractivity contribution in [2.45, 2.75) is 20.0 Å². The molecule has 5 nitrogen and oxygen atoms in total. The van der Waals surface area contributed by atoms with Crippen LogP contribution in [-0.4, -0.2) is 24.0 Å². The number of amides is 1. The number of hydrogen-bond acceptors (Lipinski definition) is 4. The highest BCUT2D eigenvalue weighted by molar-refractivity contribution is 6.31. The minimum Gasteiger partial charge on any atom is -0.488 e. The van der Waals surface area contributed by atoms with Crippen LogP contribution >= 0.6 is 11.6 Å². The molecule has 0 saturated carbocycles. The van der Waals surface area contributed by atoms with Gasteiger partial charge < -0.3 is 4.74 Å². The predicted molar refractivity (Wildman–Crippen MR) is 61.5 cm³/mol. The fraction of sp³-hybridized carbons (Fsp3) is 0.400. The van der Waals surface area contributed by atoms with Crippen LogP contribution in [0.1, 0.15) is 24.3 Å². The molecule has 0 aromatic carbocycles. The van der Waals surface area contributed by atoms with E-state index in [9.17, 15) is 4.79 Å². The first kappa shape index (κ1) is 12.7. The number of carbonyl (C=O) groups is 1. The molecule has 0 bridgehead atoms. The van der Waals surface area contributed by atoms with Gasteiger partial charge >= 0.3 is 0 Å². The highest BCUT2D eigenvalue weighted by Crippen LogP contribution is 2.23. The molecule has 0 atom stereocenters. The first-order valence-electron chi connectivity index (χ1n) is 4.85.